The number of rotatable bonds is 8. The van der Waals surface area contributed by atoms with Crippen molar-refractivity contribution in [1.82, 2.24) is 0 Å². The minimum absolute atomic E-state index is 0.0689. The SMILES string of the molecule is C=C1CCC2C(C)(C)CCCC2(C)C1CC12OC1C(O)C(COC(=O)CC(C)(O)CC(=O)O)=CC2O. The number of allylic oxidation sites excluding steroid dienone is 1. The molecule has 3 fully saturated rings. The Hall–Kier alpha value is -1.74. The maximum absolute atomic E-state index is 12.2. The molecule has 1 saturated heterocycles. The molecule has 1 aliphatic heterocycles. The Morgan fingerprint density at radius 3 is 2.58 bits per heavy atom. The van der Waals surface area contributed by atoms with Crippen molar-refractivity contribution in [2.24, 2.45) is 22.7 Å². The number of fused-ring (bicyclic) bond motifs is 2. The van der Waals surface area contributed by atoms with Gasteiger partial charge in [0.1, 0.15) is 30.5 Å². The summed E-state index contributed by atoms with van der Waals surface area (Å²) in [4.78, 5) is 23.0. The summed E-state index contributed by atoms with van der Waals surface area (Å²) in [5, 5.41) is 41.0. The number of ether oxygens (including phenoxy) is 2. The van der Waals surface area contributed by atoms with Crippen molar-refractivity contribution in [2.75, 3.05) is 6.61 Å². The Labute approximate surface area is 213 Å². The zero-order valence-electron chi connectivity index (χ0n) is 22.0. The van der Waals surface area contributed by atoms with Crippen LogP contribution in [0.25, 0.3) is 0 Å². The fourth-order valence-corrected chi connectivity index (χ4v) is 7.71. The van der Waals surface area contributed by atoms with Crippen LogP contribution in [0.15, 0.2) is 23.8 Å². The van der Waals surface area contributed by atoms with Crippen molar-refractivity contribution in [1.29, 1.82) is 0 Å². The first-order valence-electron chi connectivity index (χ1n) is 13.1. The molecule has 4 aliphatic rings. The third-order valence-corrected chi connectivity index (χ3v) is 9.61. The zero-order valence-corrected chi connectivity index (χ0v) is 22.0. The Morgan fingerprint density at radius 2 is 1.92 bits per heavy atom. The molecule has 0 aromatic rings. The number of esters is 1. The van der Waals surface area contributed by atoms with E-state index in [4.69, 9.17) is 14.6 Å². The molecule has 2 saturated carbocycles. The van der Waals surface area contributed by atoms with Crippen molar-refractivity contribution < 1.29 is 39.5 Å². The van der Waals surface area contributed by atoms with Crippen LogP contribution >= 0.6 is 0 Å². The quantitative estimate of drug-likeness (QED) is 0.224. The van der Waals surface area contributed by atoms with Gasteiger partial charge in [0.05, 0.1) is 18.4 Å². The third kappa shape index (κ3) is 4.89. The lowest BCUT2D eigenvalue weighted by molar-refractivity contribution is -0.151. The fraction of sp³-hybridized carbons (Fsp3) is 0.786. The number of carboxylic acids is 1. The number of carbonyl (C=O) groups is 2. The number of aliphatic hydroxyl groups excluding tert-OH is 2. The van der Waals surface area contributed by atoms with Crippen LogP contribution in [0.4, 0.5) is 0 Å². The molecule has 0 aromatic heterocycles. The molecule has 0 aromatic carbocycles. The molecule has 3 aliphatic carbocycles. The zero-order chi connectivity index (χ0) is 26.7. The molecule has 0 bridgehead atoms. The molecule has 0 amide bonds. The van der Waals surface area contributed by atoms with Crippen molar-refractivity contribution >= 4 is 11.9 Å². The third-order valence-electron chi connectivity index (χ3n) is 9.61. The largest absolute Gasteiger partial charge is 0.481 e. The van der Waals surface area contributed by atoms with Crippen LogP contribution in [0.2, 0.25) is 0 Å². The monoisotopic (exact) mass is 506 g/mol. The molecule has 0 radical (unpaired) electrons. The van der Waals surface area contributed by atoms with Crippen molar-refractivity contribution in [3.05, 3.63) is 23.8 Å². The highest BCUT2D eigenvalue weighted by Gasteiger charge is 2.68. The number of carboxylic acid groups (broad SMARTS) is 1. The van der Waals surface area contributed by atoms with Crippen LogP contribution in [0.3, 0.4) is 0 Å². The first-order valence-corrected chi connectivity index (χ1v) is 13.1. The van der Waals surface area contributed by atoms with Gasteiger partial charge in [-0.1, -0.05) is 39.3 Å². The maximum Gasteiger partial charge on any atom is 0.309 e. The molecule has 202 valence electrons. The first kappa shape index (κ1) is 27.3. The van der Waals surface area contributed by atoms with E-state index in [1.165, 1.54) is 31.4 Å². The average molecular weight is 507 g/mol. The molecule has 1 heterocycles. The van der Waals surface area contributed by atoms with Gasteiger partial charge in [-0.05, 0) is 73.3 Å². The molecule has 8 unspecified atom stereocenters. The summed E-state index contributed by atoms with van der Waals surface area (Å²) in [6.07, 6.45) is 4.08. The van der Waals surface area contributed by atoms with E-state index < -0.39 is 54.3 Å². The second-order valence-corrected chi connectivity index (χ2v) is 12.9. The van der Waals surface area contributed by atoms with Crippen LogP contribution < -0.4 is 0 Å². The Morgan fingerprint density at radius 1 is 1.22 bits per heavy atom. The normalized spacial score (nSPS) is 40.8. The van der Waals surface area contributed by atoms with Crippen molar-refractivity contribution in [2.45, 2.75) is 109 Å². The second kappa shape index (κ2) is 9.22. The van der Waals surface area contributed by atoms with Gasteiger partial charge < -0.3 is 29.9 Å². The summed E-state index contributed by atoms with van der Waals surface area (Å²) in [5.74, 6) is -1.25. The summed E-state index contributed by atoms with van der Waals surface area (Å²) < 4.78 is 11.2. The summed E-state index contributed by atoms with van der Waals surface area (Å²) in [6, 6.07) is 0. The highest BCUT2D eigenvalue weighted by atomic mass is 16.6. The number of aliphatic hydroxyl groups is 3. The van der Waals surface area contributed by atoms with E-state index in [2.05, 4.69) is 27.4 Å². The van der Waals surface area contributed by atoms with E-state index in [1.807, 2.05) is 0 Å². The molecule has 0 spiro atoms. The molecule has 36 heavy (non-hydrogen) atoms. The summed E-state index contributed by atoms with van der Waals surface area (Å²) in [6.45, 7) is 12.5. The predicted molar refractivity (Wildman–Crippen MR) is 132 cm³/mol. The molecule has 8 atom stereocenters. The smallest absolute Gasteiger partial charge is 0.309 e. The van der Waals surface area contributed by atoms with Gasteiger partial charge in [-0.15, -0.1) is 0 Å². The lowest BCUT2D eigenvalue weighted by Crippen LogP contribution is -2.52. The molecular formula is C28H42O8. The van der Waals surface area contributed by atoms with E-state index in [-0.39, 0.29) is 23.4 Å². The van der Waals surface area contributed by atoms with Gasteiger partial charge in [-0.3, -0.25) is 9.59 Å². The Balaban J connectivity index is 1.44. The molecule has 4 N–H and O–H groups in total. The van der Waals surface area contributed by atoms with Gasteiger partial charge in [0.15, 0.2) is 0 Å². The summed E-state index contributed by atoms with van der Waals surface area (Å²) in [7, 11) is 0. The van der Waals surface area contributed by atoms with Gasteiger partial charge in [-0.25, -0.2) is 0 Å². The number of hydrogen-bond acceptors (Lipinski definition) is 7. The lowest BCUT2D eigenvalue weighted by Gasteiger charge is -2.58. The van der Waals surface area contributed by atoms with Crippen LogP contribution in [0.1, 0.15) is 79.1 Å². The van der Waals surface area contributed by atoms with Gasteiger partial charge >= 0.3 is 11.9 Å². The number of carbonyl (C=O) groups excluding carboxylic acids is 1. The summed E-state index contributed by atoms with van der Waals surface area (Å²) >= 11 is 0. The molecule has 4 rings (SSSR count). The lowest BCUT2D eigenvalue weighted by atomic mass is 9.46. The van der Waals surface area contributed by atoms with Crippen molar-refractivity contribution in [3.8, 4) is 0 Å². The fourth-order valence-electron chi connectivity index (χ4n) is 7.71. The van der Waals surface area contributed by atoms with Crippen LogP contribution in [0.5, 0.6) is 0 Å². The molecule has 8 nitrogen and oxygen atoms in total. The standard InChI is InChI=1S/C28H42O8/c1-16-7-8-19-25(2,3)9-6-10-27(19,5)18(16)12-28-20(29)11-17(23(33)24(28)36-28)15-35-22(32)14-26(4,34)13-21(30)31/h11,18-20,23-24,29,33-34H,1,6-10,12-15H2,2-5H3,(H,30,31). The molecule has 8 heteroatoms. The van der Waals surface area contributed by atoms with Gasteiger partial charge in [0.25, 0.3) is 0 Å². The van der Waals surface area contributed by atoms with Gasteiger partial charge in [-0.2, -0.15) is 0 Å². The van der Waals surface area contributed by atoms with E-state index >= 15 is 0 Å². The van der Waals surface area contributed by atoms with Gasteiger partial charge in [0, 0.05) is 0 Å². The number of aliphatic carboxylic acids is 1. The minimum Gasteiger partial charge on any atom is -0.481 e. The highest BCUT2D eigenvalue weighted by molar-refractivity contribution is 5.74. The molecular weight excluding hydrogens is 464 g/mol. The minimum atomic E-state index is -1.74. The summed E-state index contributed by atoms with van der Waals surface area (Å²) in [5.41, 5.74) is -0.742. The Kier molecular flexibility index (Phi) is 6.99. The van der Waals surface area contributed by atoms with Crippen LogP contribution in [-0.4, -0.2) is 68.5 Å². The average Bonchev–Trinajstić information content (AvgIpc) is 3.47. The van der Waals surface area contributed by atoms with Crippen LogP contribution in [0, 0.1) is 22.7 Å². The van der Waals surface area contributed by atoms with Gasteiger partial charge in [0.2, 0.25) is 0 Å². The number of epoxide rings is 1. The second-order valence-electron chi connectivity index (χ2n) is 12.9. The maximum atomic E-state index is 12.2. The van der Waals surface area contributed by atoms with Crippen LogP contribution in [-0.2, 0) is 19.1 Å². The van der Waals surface area contributed by atoms with E-state index in [9.17, 15) is 24.9 Å². The van der Waals surface area contributed by atoms with E-state index in [1.54, 1.807) is 0 Å². The predicted octanol–water partition coefficient (Wildman–Crippen LogP) is 3.13. The van der Waals surface area contributed by atoms with E-state index in [0.717, 1.165) is 19.3 Å². The first-order chi connectivity index (χ1) is 16.6. The number of hydrogen-bond donors (Lipinski definition) is 4. The van der Waals surface area contributed by atoms with E-state index in [0.29, 0.717) is 17.9 Å². The van der Waals surface area contributed by atoms with Crippen molar-refractivity contribution in [3.63, 3.8) is 0 Å². The topological polar surface area (TPSA) is 137 Å². The highest BCUT2D eigenvalue weighted by Crippen LogP contribution is 2.64. The Bertz CT molecular complexity index is 951.